The Bertz CT molecular complexity index is 1640. The Labute approximate surface area is 240 Å². The predicted molar refractivity (Wildman–Crippen MR) is 145 cm³/mol. The van der Waals surface area contributed by atoms with Crippen molar-refractivity contribution < 1.29 is 44.1 Å². The molecule has 1 aromatic heterocycles. The minimum atomic E-state index is -2.68. The highest BCUT2D eigenvalue weighted by molar-refractivity contribution is 6.24. The standard InChI is InChI=1S/C30H31N3O9/c1-12(2)17-7-19(42-32-17)14-3-4-18(34)21-15(14)5-13-6-16-23(33-8-29(9-33)10-41-11-29)25(36)22(28(31)39)27(38)30(16,40)26(37)20(13)24(21)35/h3-4,7,12-13,16,23,34-35,38,40H,5-6,8-11H2,1-2H3,(H2,31,39)/t13-,16-,23+,30-/m0/s1. The van der Waals surface area contributed by atoms with Crippen molar-refractivity contribution in [2.24, 2.45) is 23.0 Å². The lowest BCUT2D eigenvalue weighted by Crippen LogP contribution is -2.74. The summed E-state index contributed by atoms with van der Waals surface area (Å²) < 4.78 is 10.9. The van der Waals surface area contributed by atoms with Crippen LogP contribution in [0.4, 0.5) is 0 Å². The van der Waals surface area contributed by atoms with Crippen LogP contribution < -0.4 is 5.73 Å². The van der Waals surface area contributed by atoms with E-state index in [1.807, 2.05) is 13.8 Å². The number of phenols is 1. The van der Waals surface area contributed by atoms with Gasteiger partial charge in [-0.15, -0.1) is 0 Å². The number of carbonyl (C=O) groups excluding carboxylic acids is 3. The molecule has 6 N–H and O–H groups in total. The van der Waals surface area contributed by atoms with Crippen LogP contribution in [0.3, 0.4) is 0 Å². The second kappa shape index (κ2) is 8.76. The summed E-state index contributed by atoms with van der Waals surface area (Å²) in [6.07, 6.45) is 0.191. The Morgan fingerprint density at radius 1 is 1.17 bits per heavy atom. The molecule has 12 heteroatoms. The SMILES string of the molecule is CC(C)c1cc(-c2ccc(O)c3c2C[C@H]2C[C@H]4[C@@H](N5CC6(COC6)C5)C(=O)C(C(N)=O)=C(O)[C@@]4(O)C(=O)C2=C3O)on1. The maximum atomic E-state index is 14.2. The number of nitrogens with zero attached hydrogens (tertiary/aromatic N) is 2. The minimum absolute atomic E-state index is 0.00773. The number of Topliss-reactive ketones (excluding diaryl/α,β-unsaturated/α-hetero) is 2. The van der Waals surface area contributed by atoms with Gasteiger partial charge in [0.25, 0.3) is 5.91 Å². The highest BCUT2D eigenvalue weighted by Gasteiger charge is 2.66. The van der Waals surface area contributed by atoms with E-state index in [0.717, 1.165) is 5.69 Å². The van der Waals surface area contributed by atoms with E-state index in [9.17, 15) is 34.8 Å². The fraction of sp³-hybridized carbons (Fsp3) is 0.467. The lowest BCUT2D eigenvalue weighted by Gasteiger charge is -2.60. The van der Waals surface area contributed by atoms with Crippen molar-refractivity contribution in [1.29, 1.82) is 0 Å². The maximum Gasteiger partial charge on any atom is 0.255 e. The molecule has 1 aromatic carbocycles. The van der Waals surface area contributed by atoms with Gasteiger partial charge in [0.15, 0.2) is 17.1 Å². The van der Waals surface area contributed by atoms with Crippen LogP contribution in [0.2, 0.25) is 0 Å². The highest BCUT2D eigenvalue weighted by atomic mass is 16.5. The Balaban J connectivity index is 1.36. The second-order valence-corrected chi connectivity index (χ2v) is 12.7. The molecule has 2 aliphatic heterocycles. The summed E-state index contributed by atoms with van der Waals surface area (Å²) >= 11 is 0. The zero-order valence-corrected chi connectivity index (χ0v) is 23.1. The van der Waals surface area contributed by atoms with Gasteiger partial charge >= 0.3 is 0 Å². The van der Waals surface area contributed by atoms with Gasteiger partial charge in [0.05, 0.1) is 30.5 Å². The molecule has 3 heterocycles. The van der Waals surface area contributed by atoms with Crippen molar-refractivity contribution >= 4 is 23.2 Å². The number of carbonyl (C=O) groups is 3. The minimum Gasteiger partial charge on any atom is -0.508 e. The first-order valence-electron chi connectivity index (χ1n) is 14.0. The Hall–Kier alpha value is -4.00. The average Bonchev–Trinajstić information content (AvgIpc) is 3.36. The van der Waals surface area contributed by atoms with Crippen molar-refractivity contribution in [3.63, 3.8) is 0 Å². The number of benzene rings is 1. The summed E-state index contributed by atoms with van der Waals surface area (Å²) in [4.78, 5) is 42.0. The van der Waals surface area contributed by atoms with Gasteiger partial charge in [0.2, 0.25) is 5.78 Å². The molecular weight excluding hydrogens is 546 g/mol. The van der Waals surface area contributed by atoms with E-state index in [1.165, 1.54) is 6.07 Å². The smallest absolute Gasteiger partial charge is 0.255 e. The lowest BCUT2D eigenvalue weighted by atomic mass is 9.56. The largest absolute Gasteiger partial charge is 0.508 e. The predicted octanol–water partition coefficient (Wildman–Crippen LogP) is 1.51. The molecule has 1 saturated carbocycles. The third-order valence-electron chi connectivity index (χ3n) is 9.72. The van der Waals surface area contributed by atoms with Crippen molar-refractivity contribution in [2.75, 3.05) is 26.3 Å². The molecule has 2 aromatic rings. The summed E-state index contributed by atoms with van der Waals surface area (Å²) in [5, 5.41) is 49.5. The molecule has 1 spiro atoms. The van der Waals surface area contributed by atoms with Gasteiger partial charge < -0.3 is 35.4 Å². The summed E-state index contributed by atoms with van der Waals surface area (Å²) in [6.45, 7) is 5.90. The Kier molecular flexibility index (Phi) is 5.60. The van der Waals surface area contributed by atoms with Crippen molar-refractivity contribution in [3.05, 3.63) is 51.9 Å². The molecule has 2 saturated heterocycles. The van der Waals surface area contributed by atoms with Gasteiger partial charge in [0, 0.05) is 41.6 Å². The molecule has 7 rings (SSSR count). The summed E-state index contributed by atoms with van der Waals surface area (Å²) in [6, 6.07) is 3.71. The first-order valence-corrected chi connectivity index (χ1v) is 14.0. The fourth-order valence-electron chi connectivity index (χ4n) is 7.57. The van der Waals surface area contributed by atoms with Crippen LogP contribution >= 0.6 is 0 Å². The molecule has 0 radical (unpaired) electrons. The van der Waals surface area contributed by atoms with E-state index in [1.54, 1.807) is 17.0 Å². The number of aliphatic hydroxyl groups excluding tert-OH is 2. The number of aromatic hydroxyl groups is 1. The molecule has 5 aliphatic rings. The van der Waals surface area contributed by atoms with Gasteiger partial charge in [-0.3, -0.25) is 19.3 Å². The molecule has 12 nitrogen and oxygen atoms in total. The van der Waals surface area contributed by atoms with E-state index in [-0.39, 0.29) is 41.1 Å². The van der Waals surface area contributed by atoms with Crippen LogP contribution in [0.15, 0.2) is 39.6 Å². The first-order chi connectivity index (χ1) is 19.9. The van der Waals surface area contributed by atoms with E-state index >= 15 is 0 Å². The number of aliphatic hydroxyl groups is 3. The molecular formula is C30H31N3O9. The van der Waals surface area contributed by atoms with Crippen LogP contribution in [0.1, 0.15) is 43.0 Å². The Morgan fingerprint density at radius 2 is 1.88 bits per heavy atom. The van der Waals surface area contributed by atoms with Gasteiger partial charge in [0.1, 0.15) is 22.8 Å². The molecule has 3 aliphatic carbocycles. The number of ether oxygens (including phenoxy) is 1. The average molecular weight is 578 g/mol. The van der Waals surface area contributed by atoms with E-state index < -0.39 is 58.0 Å². The highest BCUT2D eigenvalue weighted by Crippen LogP contribution is 2.55. The summed E-state index contributed by atoms with van der Waals surface area (Å²) in [7, 11) is 0. The van der Waals surface area contributed by atoms with Crippen LogP contribution in [0, 0.1) is 17.3 Å². The molecule has 1 amide bonds. The van der Waals surface area contributed by atoms with Crippen LogP contribution in [-0.4, -0.2) is 85.9 Å². The number of aromatic nitrogens is 1. The van der Waals surface area contributed by atoms with Gasteiger partial charge in [-0.1, -0.05) is 19.0 Å². The zero-order valence-electron chi connectivity index (χ0n) is 23.1. The van der Waals surface area contributed by atoms with Gasteiger partial charge in [-0.2, -0.15) is 0 Å². The maximum absolute atomic E-state index is 14.2. The molecule has 0 bridgehead atoms. The van der Waals surface area contributed by atoms with Crippen molar-refractivity contribution in [2.45, 2.75) is 44.2 Å². The lowest BCUT2D eigenvalue weighted by molar-refractivity contribution is -0.211. The van der Waals surface area contributed by atoms with Gasteiger partial charge in [-0.25, -0.2) is 0 Å². The molecule has 0 unspecified atom stereocenters. The first kappa shape index (κ1) is 26.9. The number of fused-ring (bicyclic) bond motifs is 3. The number of nitrogens with two attached hydrogens (primary N) is 1. The number of rotatable bonds is 4. The quantitative estimate of drug-likeness (QED) is 0.330. The van der Waals surface area contributed by atoms with Crippen LogP contribution in [0.25, 0.3) is 17.1 Å². The van der Waals surface area contributed by atoms with E-state index in [2.05, 4.69) is 5.16 Å². The fourth-order valence-corrected chi connectivity index (χ4v) is 7.57. The molecule has 3 fully saturated rings. The molecule has 220 valence electrons. The third-order valence-corrected chi connectivity index (χ3v) is 9.72. The molecule has 4 atom stereocenters. The topological polar surface area (TPSA) is 197 Å². The number of hydrogen-bond acceptors (Lipinski definition) is 11. The number of phenolic OH excluding ortho intramolecular Hbond substituents is 1. The zero-order chi connectivity index (χ0) is 29.9. The Morgan fingerprint density at radius 3 is 2.48 bits per heavy atom. The number of primary amides is 1. The number of likely N-dealkylation sites (tertiary alicyclic amines) is 1. The number of hydrogen-bond donors (Lipinski definition) is 5. The normalized spacial score (nSPS) is 30.1. The van der Waals surface area contributed by atoms with Crippen molar-refractivity contribution in [1.82, 2.24) is 10.1 Å². The molecule has 42 heavy (non-hydrogen) atoms. The van der Waals surface area contributed by atoms with E-state index in [4.69, 9.17) is 15.0 Å². The van der Waals surface area contributed by atoms with Crippen molar-refractivity contribution in [3.8, 4) is 17.1 Å². The number of amides is 1. The summed E-state index contributed by atoms with van der Waals surface area (Å²) in [5.74, 6) is -6.24. The number of ketones is 2. The van der Waals surface area contributed by atoms with Crippen LogP contribution in [0.5, 0.6) is 5.75 Å². The van der Waals surface area contributed by atoms with E-state index in [0.29, 0.717) is 43.2 Å². The van der Waals surface area contributed by atoms with Crippen LogP contribution in [-0.2, 0) is 25.5 Å². The summed E-state index contributed by atoms with van der Waals surface area (Å²) in [5.41, 5.74) is 3.50. The second-order valence-electron chi connectivity index (χ2n) is 12.7. The third kappa shape index (κ3) is 3.39. The monoisotopic (exact) mass is 577 g/mol. The van der Waals surface area contributed by atoms with Gasteiger partial charge in [-0.05, 0) is 42.4 Å².